The average molecular weight is 381 g/mol. The summed E-state index contributed by atoms with van der Waals surface area (Å²) in [5.41, 5.74) is 5.65. The first-order valence-electron chi connectivity index (χ1n) is 10.6. The van der Waals surface area contributed by atoms with Crippen LogP contribution in [0.15, 0.2) is 24.4 Å². The van der Waals surface area contributed by atoms with Gasteiger partial charge in [0.05, 0.1) is 11.9 Å². The Morgan fingerprint density at radius 3 is 2.68 bits per heavy atom. The van der Waals surface area contributed by atoms with E-state index in [0.29, 0.717) is 5.91 Å². The number of aromatic nitrogens is 2. The summed E-state index contributed by atoms with van der Waals surface area (Å²) >= 11 is 0. The number of nitrogens with zero attached hydrogens (tertiary/aromatic N) is 3. The van der Waals surface area contributed by atoms with Gasteiger partial charge in [-0.15, -0.1) is 0 Å². The molecule has 4 rings (SSSR count). The van der Waals surface area contributed by atoms with Gasteiger partial charge >= 0.3 is 0 Å². The van der Waals surface area contributed by atoms with Crippen LogP contribution in [0.25, 0.3) is 11.3 Å². The molecule has 2 aromatic rings. The first kappa shape index (κ1) is 19.2. The molecule has 1 aromatic heterocycles. The molecule has 2 aliphatic heterocycles. The lowest BCUT2D eigenvalue weighted by Gasteiger charge is -2.46. The zero-order valence-corrected chi connectivity index (χ0v) is 17.6. The number of carbonyl (C=O) groups is 1. The summed E-state index contributed by atoms with van der Waals surface area (Å²) in [5, 5.41) is 7.58. The highest BCUT2D eigenvalue weighted by atomic mass is 16.2. The van der Waals surface area contributed by atoms with E-state index >= 15 is 0 Å². The number of benzene rings is 1. The molecular formula is C23H32N4O. The van der Waals surface area contributed by atoms with Crippen molar-refractivity contribution in [3.8, 4) is 11.3 Å². The lowest BCUT2D eigenvalue weighted by Crippen LogP contribution is -2.61. The number of hydrogen-bond acceptors (Lipinski definition) is 3. The zero-order valence-electron chi connectivity index (χ0n) is 17.6. The van der Waals surface area contributed by atoms with Crippen molar-refractivity contribution in [2.24, 2.45) is 0 Å². The number of H-pyrrole nitrogens is 1. The summed E-state index contributed by atoms with van der Waals surface area (Å²) in [6, 6.07) is 6.80. The van der Waals surface area contributed by atoms with Gasteiger partial charge in [0.1, 0.15) is 5.54 Å². The molecule has 2 saturated heterocycles. The molecule has 0 saturated carbocycles. The monoisotopic (exact) mass is 380 g/mol. The molecule has 2 fully saturated rings. The van der Waals surface area contributed by atoms with Gasteiger partial charge in [0.15, 0.2) is 0 Å². The van der Waals surface area contributed by atoms with Gasteiger partial charge in [-0.3, -0.25) is 14.8 Å². The van der Waals surface area contributed by atoms with Crippen LogP contribution in [0.1, 0.15) is 56.2 Å². The molecule has 0 aliphatic carbocycles. The van der Waals surface area contributed by atoms with Crippen molar-refractivity contribution < 1.29 is 4.79 Å². The van der Waals surface area contributed by atoms with Crippen molar-refractivity contribution in [3.05, 3.63) is 41.1 Å². The van der Waals surface area contributed by atoms with Crippen LogP contribution in [-0.4, -0.2) is 50.6 Å². The third-order valence-electron chi connectivity index (χ3n) is 6.64. The molecule has 1 spiro atoms. The van der Waals surface area contributed by atoms with Crippen molar-refractivity contribution in [2.75, 3.05) is 13.1 Å². The maximum atomic E-state index is 13.4. The topological polar surface area (TPSA) is 52.2 Å². The minimum Gasteiger partial charge on any atom is -0.339 e. The summed E-state index contributed by atoms with van der Waals surface area (Å²) in [4.78, 5) is 18.0. The second-order valence-corrected chi connectivity index (χ2v) is 8.84. The second kappa shape index (κ2) is 7.36. The highest BCUT2D eigenvalue weighted by molar-refractivity contribution is 5.87. The fourth-order valence-corrected chi connectivity index (χ4v) is 5.08. The maximum absolute atomic E-state index is 13.4. The number of aromatic amines is 1. The second-order valence-electron chi connectivity index (χ2n) is 8.84. The van der Waals surface area contributed by atoms with E-state index < -0.39 is 0 Å². The van der Waals surface area contributed by atoms with Gasteiger partial charge < -0.3 is 4.90 Å². The summed E-state index contributed by atoms with van der Waals surface area (Å²) in [5.74, 6) is 0.336. The fraction of sp³-hybridized carbons (Fsp3) is 0.565. The Morgan fingerprint density at radius 2 is 1.93 bits per heavy atom. The summed E-state index contributed by atoms with van der Waals surface area (Å²) < 4.78 is 0. The third-order valence-corrected chi connectivity index (χ3v) is 6.64. The number of amides is 1. The Bertz CT molecular complexity index is 871. The van der Waals surface area contributed by atoms with Crippen molar-refractivity contribution in [1.29, 1.82) is 0 Å². The Hall–Kier alpha value is -2.14. The van der Waals surface area contributed by atoms with E-state index in [4.69, 9.17) is 0 Å². The van der Waals surface area contributed by atoms with Gasteiger partial charge in [-0.2, -0.15) is 5.10 Å². The Labute approximate surface area is 168 Å². The third kappa shape index (κ3) is 3.16. The number of nitrogens with one attached hydrogen (secondary N) is 1. The summed E-state index contributed by atoms with van der Waals surface area (Å²) in [6.07, 6.45) is 6.08. The first-order chi connectivity index (χ1) is 13.4. The Morgan fingerprint density at radius 1 is 1.18 bits per heavy atom. The van der Waals surface area contributed by atoms with Gasteiger partial charge in [-0.1, -0.05) is 17.7 Å². The molecule has 0 bridgehead atoms. The summed E-state index contributed by atoms with van der Waals surface area (Å²) in [6.45, 7) is 11.2. The van der Waals surface area contributed by atoms with Crippen LogP contribution in [0.4, 0.5) is 0 Å². The van der Waals surface area contributed by atoms with Gasteiger partial charge in [-0.25, -0.2) is 0 Å². The van der Waals surface area contributed by atoms with Crippen molar-refractivity contribution in [1.82, 2.24) is 20.0 Å². The maximum Gasteiger partial charge on any atom is 0.243 e. The minimum absolute atomic E-state index is 0.270. The lowest BCUT2D eigenvalue weighted by molar-refractivity contribution is -0.149. The highest BCUT2D eigenvalue weighted by Gasteiger charge is 2.51. The van der Waals surface area contributed by atoms with Crippen LogP contribution < -0.4 is 0 Å². The summed E-state index contributed by atoms with van der Waals surface area (Å²) in [7, 11) is 0. The van der Waals surface area contributed by atoms with Crippen LogP contribution in [0, 0.1) is 13.8 Å². The average Bonchev–Trinajstić information content (AvgIpc) is 3.28. The van der Waals surface area contributed by atoms with Crippen LogP contribution in [0.3, 0.4) is 0 Å². The van der Waals surface area contributed by atoms with E-state index in [1.807, 2.05) is 6.20 Å². The molecule has 2 aliphatic rings. The van der Waals surface area contributed by atoms with Gasteiger partial charge in [-0.05, 0) is 71.6 Å². The Balaban J connectivity index is 1.64. The van der Waals surface area contributed by atoms with E-state index in [-0.39, 0.29) is 11.6 Å². The standard InChI is InChI=1S/C23H32N4O/c1-16(2)27-12-6-10-23(22(27)28)9-5-11-26(23)15-19-14-24-25-21(19)20-13-17(3)7-8-18(20)4/h7-8,13-14,16H,5-6,9-12,15H2,1-4H3,(H,24,25). The molecule has 28 heavy (non-hydrogen) atoms. The lowest BCUT2D eigenvalue weighted by atomic mass is 9.84. The molecule has 0 radical (unpaired) electrons. The fourth-order valence-electron chi connectivity index (χ4n) is 5.08. The van der Waals surface area contributed by atoms with Gasteiger partial charge in [0, 0.05) is 30.3 Å². The van der Waals surface area contributed by atoms with E-state index in [2.05, 4.69) is 65.9 Å². The van der Waals surface area contributed by atoms with Gasteiger partial charge in [0.2, 0.25) is 5.91 Å². The number of aryl methyl sites for hydroxylation is 2. The van der Waals surface area contributed by atoms with Gasteiger partial charge in [0.25, 0.3) is 0 Å². The number of piperidine rings is 1. The largest absolute Gasteiger partial charge is 0.339 e. The number of likely N-dealkylation sites (tertiary alicyclic amines) is 2. The number of hydrogen-bond donors (Lipinski definition) is 1. The molecule has 1 amide bonds. The van der Waals surface area contributed by atoms with Crippen LogP contribution in [-0.2, 0) is 11.3 Å². The van der Waals surface area contributed by atoms with Crippen LogP contribution in [0.2, 0.25) is 0 Å². The van der Waals surface area contributed by atoms with Crippen LogP contribution in [0.5, 0.6) is 0 Å². The first-order valence-corrected chi connectivity index (χ1v) is 10.6. The molecule has 1 N–H and O–H groups in total. The van der Waals surface area contributed by atoms with Crippen molar-refractivity contribution in [3.63, 3.8) is 0 Å². The molecule has 1 atom stereocenters. The molecule has 150 valence electrons. The quantitative estimate of drug-likeness (QED) is 0.870. The number of rotatable bonds is 4. The van der Waals surface area contributed by atoms with Crippen LogP contribution >= 0.6 is 0 Å². The van der Waals surface area contributed by atoms with E-state index in [0.717, 1.165) is 51.0 Å². The molecule has 1 unspecified atom stereocenters. The highest BCUT2D eigenvalue weighted by Crippen LogP contribution is 2.40. The van der Waals surface area contributed by atoms with E-state index in [1.54, 1.807) is 0 Å². The Kier molecular flexibility index (Phi) is 5.04. The molecule has 5 heteroatoms. The van der Waals surface area contributed by atoms with E-state index in [9.17, 15) is 4.79 Å². The van der Waals surface area contributed by atoms with E-state index in [1.165, 1.54) is 22.3 Å². The molecule has 1 aromatic carbocycles. The molecule has 5 nitrogen and oxygen atoms in total. The SMILES string of the molecule is Cc1ccc(C)c(-c2[nH]ncc2CN2CCCC23CCCN(C(C)C)C3=O)c1. The normalized spacial score (nSPS) is 23.3. The minimum atomic E-state index is -0.321. The molecule has 3 heterocycles. The predicted molar refractivity (Wildman–Crippen MR) is 112 cm³/mol. The smallest absolute Gasteiger partial charge is 0.243 e. The molecular weight excluding hydrogens is 348 g/mol. The van der Waals surface area contributed by atoms with Crippen molar-refractivity contribution >= 4 is 5.91 Å². The van der Waals surface area contributed by atoms with Crippen molar-refractivity contribution in [2.45, 2.75) is 71.5 Å². The zero-order chi connectivity index (χ0) is 19.9. The number of carbonyl (C=O) groups excluding carboxylic acids is 1. The predicted octanol–water partition coefficient (Wildman–Crippen LogP) is 4.06.